The predicted molar refractivity (Wildman–Crippen MR) is 84.4 cm³/mol. The third kappa shape index (κ3) is 4.74. The number of aliphatic hydroxyl groups excluding tert-OH is 1. The van der Waals surface area contributed by atoms with Gasteiger partial charge in [0.2, 0.25) is 5.91 Å². The van der Waals surface area contributed by atoms with Gasteiger partial charge in [-0.1, -0.05) is 12.1 Å². The summed E-state index contributed by atoms with van der Waals surface area (Å²) in [6.45, 7) is 3.30. The molecule has 2 rings (SSSR count). The molecule has 23 heavy (non-hydrogen) atoms. The molecule has 0 aliphatic carbocycles. The van der Waals surface area contributed by atoms with Gasteiger partial charge in [-0.3, -0.25) is 15.0 Å². The van der Waals surface area contributed by atoms with Crippen LogP contribution >= 0.6 is 0 Å². The van der Waals surface area contributed by atoms with Crippen molar-refractivity contribution < 1.29 is 19.1 Å². The van der Waals surface area contributed by atoms with Crippen LogP contribution in [0.4, 0.5) is 14.9 Å². The summed E-state index contributed by atoms with van der Waals surface area (Å²) < 4.78 is 13.5. The molecule has 1 atom stereocenters. The predicted octanol–water partition coefficient (Wildman–Crippen LogP) is 1.57. The van der Waals surface area contributed by atoms with Gasteiger partial charge in [0.05, 0.1) is 11.7 Å². The van der Waals surface area contributed by atoms with Crippen molar-refractivity contribution in [2.75, 3.05) is 25.0 Å². The van der Waals surface area contributed by atoms with Gasteiger partial charge in [-0.05, 0) is 50.9 Å². The monoisotopic (exact) mass is 323 g/mol. The first kappa shape index (κ1) is 17.4. The zero-order valence-corrected chi connectivity index (χ0v) is 13.1. The van der Waals surface area contributed by atoms with Crippen molar-refractivity contribution in [3.8, 4) is 0 Å². The van der Waals surface area contributed by atoms with Crippen molar-refractivity contribution >= 4 is 17.6 Å². The van der Waals surface area contributed by atoms with Crippen LogP contribution in [0.2, 0.25) is 0 Å². The minimum atomic E-state index is -0.753. The second-order valence-corrected chi connectivity index (χ2v) is 5.76. The van der Waals surface area contributed by atoms with Crippen molar-refractivity contribution in [3.05, 3.63) is 30.1 Å². The Morgan fingerprint density at radius 2 is 2.00 bits per heavy atom. The number of amides is 3. The second-order valence-electron chi connectivity index (χ2n) is 5.76. The molecule has 1 aliphatic rings. The van der Waals surface area contributed by atoms with E-state index in [9.17, 15) is 14.0 Å². The molecule has 1 unspecified atom stereocenters. The van der Waals surface area contributed by atoms with Crippen LogP contribution in [0, 0.1) is 11.7 Å². The summed E-state index contributed by atoms with van der Waals surface area (Å²) >= 11 is 0. The number of nitrogens with zero attached hydrogens (tertiary/aromatic N) is 1. The maximum Gasteiger partial charge on any atom is 0.326 e. The van der Waals surface area contributed by atoms with Gasteiger partial charge in [0.15, 0.2) is 0 Å². The van der Waals surface area contributed by atoms with Crippen LogP contribution in [-0.4, -0.2) is 47.7 Å². The first-order chi connectivity index (χ1) is 11.0. The van der Waals surface area contributed by atoms with E-state index in [0.29, 0.717) is 13.1 Å². The smallest absolute Gasteiger partial charge is 0.326 e. The number of halogens is 1. The number of urea groups is 1. The molecule has 0 aromatic heterocycles. The van der Waals surface area contributed by atoms with E-state index in [2.05, 4.69) is 10.6 Å². The van der Waals surface area contributed by atoms with Gasteiger partial charge in [-0.25, -0.2) is 9.18 Å². The highest BCUT2D eigenvalue weighted by atomic mass is 19.1. The highest BCUT2D eigenvalue weighted by Gasteiger charge is 2.27. The number of aliphatic hydroxyl groups is 1. The molecule has 1 fully saturated rings. The maximum absolute atomic E-state index is 13.5. The molecule has 0 saturated carbocycles. The van der Waals surface area contributed by atoms with Crippen molar-refractivity contribution in [3.63, 3.8) is 0 Å². The molecule has 6 nitrogen and oxygen atoms in total. The van der Waals surface area contributed by atoms with Gasteiger partial charge in [-0.15, -0.1) is 0 Å². The Balaban J connectivity index is 1.84. The molecule has 3 amide bonds. The number of hydrogen-bond donors (Lipinski definition) is 3. The van der Waals surface area contributed by atoms with Crippen molar-refractivity contribution in [1.29, 1.82) is 0 Å². The average Bonchev–Trinajstić information content (AvgIpc) is 2.56. The molecular weight excluding hydrogens is 301 g/mol. The summed E-state index contributed by atoms with van der Waals surface area (Å²) in [4.78, 5) is 25.9. The zero-order valence-electron chi connectivity index (χ0n) is 13.1. The molecule has 1 aliphatic heterocycles. The number of para-hydroxylation sites is 1. The van der Waals surface area contributed by atoms with Gasteiger partial charge < -0.3 is 10.4 Å². The van der Waals surface area contributed by atoms with Crippen molar-refractivity contribution in [2.24, 2.45) is 5.92 Å². The van der Waals surface area contributed by atoms with E-state index >= 15 is 0 Å². The molecule has 1 aromatic carbocycles. The quantitative estimate of drug-likeness (QED) is 0.785. The van der Waals surface area contributed by atoms with Gasteiger partial charge in [0, 0.05) is 6.61 Å². The number of nitrogens with one attached hydrogen (secondary N) is 2. The van der Waals surface area contributed by atoms with Gasteiger partial charge in [0.25, 0.3) is 0 Å². The number of likely N-dealkylation sites (tertiary alicyclic amines) is 1. The Hall–Kier alpha value is -1.99. The molecule has 3 N–H and O–H groups in total. The molecule has 1 saturated heterocycles. The first-order valence-corrected chi connectivity index (χ1v) is 7.72. The Morgan fingerprint density at radius 1 is 1.35 bits per heavy atom. The van der Waals surface area contributed by atoms with E-state index in [1.165, 1.54) is 18.2 Å². The van der Waals surface area contributed by atoms with Crippen LogP contribution in [0.15, 0.2) is 24.3 Å². The Morgan fingerprint density at radius 3 is 2.61 bits per heavy atom. The third-order valence-corrected chi connectivity index (χ3v) is 4.19. The fraction of sp³-hybridized carbons (Fsp3) is 0.500. The lowest BCUT2D eigenvalue weighted by molar-refractivity contribution is -0.125. The summed E-state index contributed by atoms with van der Waals surface area (Å²) in [6, 6.07) is 4.54. The topological polar surface area (TPSA) is 81.7 Å². The minimum absolute atomic E-state index is 0.0224. The van der Waals surface area contributed by atoms with E-state index in [-0.39, 0.29) is 18.2 Å². The number of carbonyl (C=O) groups is 2. The number of piperidine rings is 1. The second kappa shape index (κ2) is 8.03. The maximum atomic E-state index is 13.5. The largest absolute Gasteiger partial charge is 0.396 e. The average molecular weight is 323 g/mol. The standard InChI is InChI=1S/C16H22FN3O3/c1-11(20-8-6-12(10-21)7-9-20)15(22)19-16(23)18-14-5-3-2-4-13(14)17/h2-5,11-12,21H,6-10H2,1H3,(H2,18,19,22,23). The molecule has 0 spiro atoms. The highest BCUT2D eigenvalue weighted by Crippen LogP contribution is 2.18. The molecule has 7 heteroatoms. The van der Waals surface area contributed by atoms with Crippen LogP contribution in [0.5, 0.6) is 0 Å². The van der Waals surface area contributed by atoms with Crippen LogP contribution in [0.25, 0.3) is 0 Å². The van der Waals surface area contributed by atoms with Crippen LogP contribution in [-0.2, 0) is 4.79 Å². The molecule has 1 heterocycles. The Bertz CT molecular complexity index is 559. The summed E-state index contributed by atoms with van der Waals surface area (Å²) in [5.41, 5.74) is 0.0224. The van der Waals surface area contributed by atoms with E-state index in [1.807, 2.05) is 4.90 Å². The summed E-state index contributed by atoms with van der Waals surface area (Å²) in [7, 11) is 0. The molecule has 126 valence electrons. The number of rotatable bonds is 4. The molecule has 0 bridgehead atoms. The molecule has 1 aromatic rings. The number of benzene rings is 1. The Labute approximate surface area is 134 Å². The zero-order chi connectivity index (χ0) is 16.8. The van der Waals surface area contributed by atoms with Gasteiger partial charge >= 0.3 is 6.03 Å². The van der Waals surface area contributed by atoms with E-state index in [4.69, 9.17) is 5.11 Å². The van der Waals surface area contributed by atoms with Crippen LogP contribution in [0.3, 0.4) is 0 Å². The fourth-order valence-corrected chi connectivity index (χ4v) is 2.62. The van der Waals surface area contributed by atoms with Crippen molar-refractivity contribution in [1.82, 2.24) is 10.2 Å². The van der Waals surface area contributed by atoms with Crippen LogP contribution < -0.4 is 10.6 Å². The van der Waals surface area contributed by atoms with Crippen molar-refractivity contribution in [2.45, 2.75) is 25.8 Å². The number of imide groups is 1. The SMILES string of the molecule is CC(C(=O)NC(=O)Nc1ccccc1F)N1CCC(CO)CC1. The first-order valence-electron chi connectivity index (χ1n) is 7.72. The van der Waals surface area contributed by atoms with E-state index < -0.39 is 23.8 Å². The number of anilines is 1. The fourth-order valence-electron chi connectivity index (χ4n) is 2.62. The normalized spacial score (nSPS) is 17.5. The lowest BCUT2D eigenvalue weighted by Crippen LogP contribution is -2.50. The molecular formula is C16H22FN3O3. The summed E-state index contributed by atoms with van der Waals surface area (Å²) in [6.07, 6.45) is 1.66. The van der Waals surface area contributed by atoms with Gasteiger partial charge in [-0.2, -0.15) is 0 Å². The summed E-state index contributed by atoms with van der Waals surface area (Å²) in [5, 5.41) is 13.7. The number of carbonyl (C=O) groups excluding carboxylic acids is 2. The third-order valence-electron chi connectivity index (χ3n) is 4.19. The summed E-state index contributed by atoms with van der Waals surface area (Å²) in [5.74, 6) is -0.707. The minimum Gasteiger partial charge on any atom is -0.396 e. The lowest BCUT2D eigenvalue weighted by atomic mass is 9.97. The molecule has 0 radical (unpaired) electrons. The Kier molecular flexibility index (Phi) is 6.06. The van der Waals surface area contributed by atoms with E-state index in [0.717, 1.165) is 12.8 Å². The number of hydrogen-bond acceptors (Lipinski definition) is 4. The van der Waals surface area contributed by atoms with E-state index in [1.54, 1.807) is 13.0 Å². The highest BCUT2D eigenvalue weighted by molar-refractivity contribution is 6.02. The van der Waals surface area contributed by atoms with Crippen LogP contribution in [0.1, 0.15) is 19.8 Å². The van der Waals surface area contributed by atoms with Gasteiger partial charge in [0.1, 0.15) is 5.82 Å². The lowest BCUT2D eigenvalue weighted by Gasteiger charge is -2.34.